The molecular formula is C32H50N4O3. The smallest absolute Gasteiger partial charge is 0.245 e. The summed E-state index contributed by atoms with van der Waals surface area (Å²) in [4.78, 5) is 25.5. The molecule has 0 atom stereocenters. The highest BCUT2D eigenvalue weighted by atomic mass is 16.3. The number of rotatable bonds is 7. The summed E-state index contributed by atoms with van der Waals surface area (Å²) in [7, 11) is 8.13. The second-order valence-corrected chi connectivity index (χ2v) is 11.5. The molecule has 2 aromatic carbocycles. The van der Waals surface area contributed by atoms with Gasteiger partial charge in [0.05, 0.1) is 0 Å². The Hall–Kier alpha value is -3.58. The van der Waals surface area contributed by atoms with Crippen LogP contribution in [0.15, 0.2) is 67.8 Å². The van der Waals surface area contributed by atoms with E-state index >= 15 is 0 Å². The molecule has 0 saturated carbocycles. The zero-order valence-electron chi connectivity index (χ0n) is 25.7. The summed E-state index contributed by atoms with van der Waals surface area (Å²) in [5.41, 5.74) is 6.50. The molecule has 0 unspecified atom stereocenters. The summed E-state index contributed by atoms with van der Waals surface area (Å²) in [5.74, 6) is -0.506. The summed E-state index contributed by atoms with van der Waals surface area (Å²) >= 11 is 0. The van der Waals surface area contributed by atoms with Gasteiger partial charge in [0.15, 0.2) is 0 Å². The molecule has 0 aromatic heterocycles. The van der Waals surface area contributed by atoms with E-state index in [4.69, 9.17) is 5.11 Å². The van der Waals surface area contributed by atoms with Crippen molar-refractivity contribution < 1.29 is 14.7 Å². The number of aliphatic hydroxyl groups excluding tert-OH is 1. The van der Waals surface area contributed by atoms with Crippen molar-refractivity contribution in [3.05, 3.63) is 84.5 Å². The van der Waals surface area contributed by atoms with Crippen LogP contribution in [0.25, 0.3) is 0 Å². The van der Waals surface area contributed by atoms with E-state index in [-0.39, 0.29) is 29.4 Å². The fourth-order valence-electron chi connectivity index (χ4n) is 3.29. The zero-order chi connectivity index (χ0) is 30.4. The van der Waals surface area contributed by atoms with Crippen LogP contribution in [0.1, 0.15) is 58.2 Å². The van der Waals surface area contributed by atoms with Gasteiger partial charge in [-0.25, -0.2) is 0 Å². The third kappa shape index (κ3) is 13.7. The molecule has 0 saturated heterocycles. The number of aliphatic hydroxyl groups is 1. The molecule has 0 heterocycles. The van der Waals surface area contributed by atoms with Crippen molar-refractivity contribution in [1.29, 1.82) is 0 Å². The van der Waals surface area contributed by atoms with Gasteiger partial charge in [-0.05, 0) is 57.9 Å². The number of carbonyl (C=O) groups is 2. The standard InChI is InChI=1S/C16H24N2O.C12H19N.C4H7NO2/c1-7-15(19)17-11-12-10-13(16(2,3)4)8-9-14(12)18(5)6;1-12(2,3)10-6-8-11(9-7-10)13(4)5;1-2-4(7)5-3-6/h7-10H,1,11H2,2-6H3,(H,17,19);6-9H,1-5H3;2,6H,1,3H2,(H,5,7). The highest BCUT2D eigenvalue weighted by Gasteiger charge is 2.16. The van der Waals surface area contributed by atoms with Gasteiger partial charge in [-0.2, -0.15) is 0 Å². The van der Waals surface area contributed by atoms with Gasteiger partial charge in [-0.15, -0.1) is 0 Å². The Balaban J connectivity index is 0.000000622. The Labute approximate surface area is 236 Å². The van der Waals surface area contributed by atoms with Crippen LogP contribution in [0.3, 0.4) is 0 Å². The number of hydrogen-bond acceptors (Lipinski definition) is 5. The third-order valence-corrected chi connectivity index (χ3v) is 5.75. The molecule has 2 rings (SSSR count). The molecule has 0 fully saturated rings. The minimum absolute atomic E-state index is 0.0992. The molecule has 0 bridgehead atoms. The molecule has 39 heavy (non-hydrogen) atoms. The first-order chi connectivity index (χ1) is 18.0. The maximum Gasteiger partial charge on any atom is 0.245 e. The van der Waals surface area contributed by atoms with Gasteiger partial charge in [-0.1, -0.05) is 79.0 Å². The SMILES string of the molecule is C=CC(=O)NCO.C=CC(=O)NCc1cc(C(C)(C)C)ccc1N(C)C.CN(C)c1ccc(C(C)(C)C)cc1. The van der Waals surface area contributed by atoms with Crippen LogP contribution in [-0.4, -0.2) is 51.8 Å². The van der Waals surface area contributed by atoms with Crippen LogP contribution in [-0.2, 0) is 27.0 Å². The average molecular weight is 539 g/mol. The van der Waals surface area contributed by atoms with E-state index < -0.39 is 0 Å². The lowest BCUT2D eigenvalue weighted by molar-refractivity contribution is -0.118. The first kappa shape index (κ1) is 35.4. The van der Waals surface area contributed by atoms with Crippen LogP contribution >= 0.6 is 0 Å². The number of nitrogens with one attached hydrogen (secondary N) is 2. The first-order valence-electron chi connectivity index (χ1n) is 13.0. The van der Waals surface area contributed by atoms with E-state index in [1.807, 2.05) is 14.1 Å². The van der Waals surface area contributed by atoms with Crippen LogP contribution in [0.5, 0.6) is 0 Å². The third-order valence-electron chi connectivity index (χ3n) is 5.75. The molecule has 2 amide bonds. The Morgan fingerprint density at radius 2 is 1.23 bits per heavy atom. The van der Waals surface area contributed by atoms with E-state index in [2.05, 4.69) is 132 Å². The second kappa shape index (κ2) is 16.4. The van der Waals surface area contributed by atoms with Crippen molar-refractivity contribution in [2.45, 2.75) is 58.9 Å². The number of hydrogen-bond donors (Lipinski definition) is 3. The molecule has 0 aliphatic rings. The summed E-state index contributed by atoms with van der Waals surface area (Å²) in [6.07, 6.45) is 2.39. The summed E-state index contributed by atoms with van der Waals surface area (Å²) in [6, 6.07) is 15.2. The van der Waals surface area contributed by atoms with Crippen molar-refractivity contribution in [1.82, 2.24) is 10.6 Å². The molecule has 0 spiro atoms. The van der Waals surface area contributed by atoms with Gasteiger partial charge in [0.2, 0.25) is 11.8 Å². The van der Waals surface area contributed by atoms with E-state index in [1.165, 1.54) is 22.9 Å². The summed E-state index contributed by atoms with van der Waals surface area (Å²) < 4.78 is 0. The van der Waals surface area contributed by atoms with Crippen molar-refractivity contribution >= 4 is 23.2 Å². The lowest BCUT2D eigenvalue weighted by Crippen LogP contribution is -2.23. The molecule has 3 N–H and O–H groups in total. The maximum absolute atomic E-state index is 11.3. The minimum Gasteiger partial charge on any atom is -0.378 e. The first-order valence-corrected chi connectivity index (χ1v) is 13.0. The van der Waals surface area contributed by atoms with Crippen molar-refractivity contribution in [3.8, 4) is 0 Å². The van der Waals surface area contributed by atoms with Gasteiger partial charge >= 0.3 is 0 Å². The van der Waals surface area contributed by atoms with Gasteiger partial charge in [0.25, 0.3) is 0 Å². The quantitative estimate of drug-likeness (QED) is 0.336. The fourth-order valence-corrected chi connectivity index (χ4v) is 3.29. The minimum atomic E-state index is -0.359. The molecule has 7 nitrogen and oxygen atoms in total. The monoisotopic (exact) mass is 538 g/mol. The zero-order valence-corrected chi connectivity index (χ0v) is 25.7. The molecule has 0 aliphatic carbocycles. The van der Waals surface area contributed by atoms with Crippen molar-refractivity contribution in [3.63, 3.8) is 0 Å². The number of nitrogens with zero attached hydrogens (tertiary/aromatic N) is 2. The molecular weight excluding hydrogens is 488 g/mol. The average Bonchev–Trinajstić information content (AvgIpc) is 2.86. The van der Waals surface area contributed by atoms with Gasteiger partial charge in [0.1, 0.15) is 6.73 Å². The topological polar surface area (TPSA) is 84.9 Å². The second-order valence-electron chi connectivity index (χ2n) is 11.5. The number of benzene rings is 2. The molecule has 216 valence electrons. The predicted molar refractivity (Wildman–Crippen MR) is 166 cm³/mol. The molecule has 2 aromatic rings. The van der Waals surface area contributed by atoms with Crippen molar-refractivity contribution in [2.24, 2.45) is 0 Å². The van der Waals surface area contributed by atoms with E-state index in [0.29, 0.717) is 6.54 Å². The van der Waals surface area contributed by atoms with Crippen LogP contribution in [0.4, 0.5) is 11.4 Å². The summed E-state index contributed by atoms with van der Waals surface area (Å²) in [5, 5.41) is 12.9. The van der Waals surface area contributed by atoms with Crippen LogP contribution < -0.4 is 20.4 Å². The lowest BCUT2D eigenvalue weighted by atomic mass is 9.86. The van der Waals surface area contributed by atoms with Crippen molar-refractivity contribution in [2.75, 3.05) is 44.7 Å². The number of anilines is 2. The number of carbonyl (C=O) groups excluding carboxylic acids is 2. The van der Waals surface area contributed by atoms with Gasteiger partial charge in [-0.3, -0.25) is 9.59 Å². The highest BCUT2D eigenvalue weighted by molar-refractivity contribution is 5.87. The molecule has 0 aliphatic heterocycles. The van der Waals surface area contributed by atoms with E-state index in [0.717, 1.165) is 17.3 Å². The van der Waals surface area contributed by atoms with E-state index in [9.17, 15) is 9.59 Å². The Bertz CT molecular complexity index is 1060. The van der Waals surface area contributed by atoms with Crippen LogP contribution in [0.2, 0.25) is 0 Å². The normalized spacial score (nSPS) is 10.5. The summed E-state index contributed by atoms with van der Waals surface area (Å²) in [6.45, 7) is 20.1. The highest BCUT2D eigenvalue weighted by Crippen LogP contribution is 2.28. The lowest BCUT2D eigenvalue weighted by Gasteiger charge is -2.24. The van der Waals surface area contributed by atoms with E-state index in [1.54, 1.807) is 0 Å². The van der Waals surface area contributed by atoms with Gasteiger partial charge < -0.3 is 25.5 Å². The largest absolute Gasteiger partial charge is 0.378 e. The number of amides is 2. The Kier molecular flexibility index (Phi) is 14.9. The predicted octanol–water partition coefficient (Wildman–Crippen LogP) is 5.14. The van der Waals surface area contributed by atoms with Gasteiger partial charge in [0, 0.05) is 46.1 Å². The Morgan fingerprint density at radius 1 is 0.769 bits per heavy atom. The maximum atomic E-state index is 11.3. The fraction of sp³-hybridized carbons (Fsp3) is 0.438. The van der Waals surface area contributed by atoms with Crippen LogP contribution in [0, 0.1) is 0 Å². The molecule has 0 radical (unpaired) electrons. The molecule has 7 heteroatoms. The Morgan fingerprint density at radius 3 is 1.59 bits per heavy atom.